The monoisotopic (exact) mass is 607 g/mol. The number of fused-ring (bicyclic) bond motifs is 2. The summed E-state index contributed by atoms with van der Waals surface area (Å²) in [6.07, 6.45) is 15.4. The van der Waals surface area contributed by atoms with Crippen LogP contribution < -0.4 is 20.9 Å². The molecule has 5 rings (SSSR count). The van der Waals surface area contributed by atoms with E-state index in [0.29, 0.717) is 26.4 Å². The van der Waals surface area contributed by atoms with Gasteiger partial charge in [0.05, 0.1) is 19.8 Å². The van der Waals surface area contributed by atoms with Crippen molar-refractivity contribution in [1.82, 2.24) is 9.58 Å². The number of pyridine rings is 1. The number of terminal acetylenes is 1. The van der Waals surface area contributed by atoms with Gasteiger partial charge in [0.15, 0.2) is 11.4 Å². The lowest BCUT2D eigenvalue weighted by atomic mass is 9.93. The number of benzene rings is 2. The minimum absolute atomic E-state index is 0.122. The van der Waals surface area contributed by atoms with Gasteiger partial charge in [-0.3, -0.25) is 14.3 Å². The Morgan fingerprint density at radius 2 is 1.79 bits per heavy atom. The Morgan fingerprint density at radius 1 is 1.05 bits per heavy atom. The number of aryl methyl sites for hydroxylation is 1. The standard InChI is InChI=1S/C19H24FP.C13H17N3O4.C2H2/c1-3-5-8-14-9-6-7-10-15(14)13-16-11-12-18(20)19(21)17(16)4-2;1-2-6-20-12-9(17)3-4-16-11(12)13(18)15-5-7-19-8-10(15)14-16;1-2/h6-7,9-12H,3-5,8,13,21H2,1-2H3;3-4,10,14H,2,5-8H2,1H3;1-2H/t;10-;/m.0./s1. The maximum Gasteiger partial charge on any atom is 0.278 e. The molecule has 0 radical (unpaired) electrons. The highest BCUT2D eigenvalue weighted by Gasteiger charge is 2.36. The number of ether oxygens (including phenoxy) is 2. The minimum atomic E-state index is -0.272. The number of aromatic nitrogens is 1. The van der Waals surface area contributed by atoms with Crippen molar-refractivity contribution in [2.24, 2.45) is 0 Å². The van der Waals surface area contributed by atoms with Crippen LogP contribution in [0.4, 0.5) is 4.39 Å². The van der Waals surface area contributed by atoms with Gasteiger partial charge in [0.25, 0.3) is 5.91 Å². The van der Waals surface area contributed by atoms with Crippen molar-refractivity contribution < 1.29 is 18.7 Å². The highest BCUT2D eigenvalue weighted by molar-refractivity contribution is 7.27. The molecule has 0 spiro atoms. The van der Waals surface area contributed by atoms with Gasteiger partial charge in [-0.05, 0) is 60.4 Å². The van der Waals surface area contributed by atoms with E-state index in [-0.39, 0.29) is 34.8 Å². The average molecular weight is 608 g/mol. The zero-order valence-corrected chi connectivity index (χ0v) is 26.6. The van der Waals surface area contributed by atoms with Crippen LogP contribution in [-0.4, -0.2) is 48.0 Å². The Morgan fingerprint density at radius 3 is 2.49 bits per heavy atom. The molecule has 3 heterocycles. The molecule has 1 saturated heterocycles. The SMILES string of the molecule is C#C.CCCCc1ccccc1Cc1ccc(F)c(P)c1CC.CCCOc1c2n(ccc1=O)N[C@@H]1COCCN1C2=O. The lowest BCUT2D eigenvalue weighted by molar-refractivity contribution is -0.00323. The summed E-state index contributed by atoms with van der Waals surface area (Å²) in [6.45, 7) is 8.12. The van der Waals surface area contributed by atoms with E-state index in [1.165, 1.54) is 35.6 Å². The molecule has 1 N–H and O–H groups in total. The van der Waals surface area contributed by atoms with E-state index in [0.717, 1.165) is 36.6 Å². The van der Waals surface area contributed by atoms with Gasteiger partial charge in [0.1, 0.15) is 12.0 Å². The van der Waals surface area contributed by atoms with Crippen molar-refractivity contribution in [3.05, 3.63) is 92.6 Å². The Hall–Kier alpha value is -3.66. The van der Waals surface area contributed by atoms with Crippen LogP contribution in [-0.2, 0) is 24.0 Å². The van der Waals surface area contributed by atoms with Crippen molar-refractivity contribution in [1.29, 1.82) is 0 Å². The fraction of sp³-hybridized carbons (Fsp3) is 0.412. The molecule has 0 bridgehead atoms. The number of halogens is 1. The summed E-state index contributed by atoms with van der Waals surface area (Å²) in [6, 6.07) is 13.6. The number of nitrogens with zero attached hydrogens (tertiary/aromatic N) is 2. The van der Waals surface area contributed by atoms with E-state index in [1.807, 2.05) is 13.0 Å². The molecule has 7 nitrogen and oxygen atoms in total. The number of carbonyl (C=O) groups is 1. The second-order valence-corrected chi connectivity index (χ2v) is 10.9. The molecular formula is C34H43FN3O4P. The predicted octanol–water partition coefficient (Wildman–Crippen LogP) is 5.06. The largest absolute Gasteiger partial charge is 0.487 e. The highest BCUT2D eigenvalue weighted by atomic mass is 31.0. The third-order valence-corrected chi connectivity index (χ3v) is 8.06. The predicted molar refractivity (Wildman–Crippen MR) is 174 cm³/mol. The number of hydrogen-bond acceptors (Lipinski definition) is 5. The molecule has 230 valence electrons. The lowest BCUT2D eigenvalue weighted by Gasteiger charge is -2.41. The summed E-state index contributed by atoms with van der Waals surface area (Å²) in [7, 11) is 2.56. The van der Waals surface area contributed by atoms with E-state index in [4.69, 9.17) is 9.47 Å². The normalized spacial score (nSPS) is 15.1. The summed E-state index contributed by atoms with van der Waals surface area (Å²) >= 11 is 0. The first-order valence-corrected chi connectivity index (χ1v) is 15.5. The van der Waals surface area contributed by atoms with Crippen LogP contribution in [0.2, 0.25) is 0 Å². The van der Waals surface area contributed by atoms with Crippen molar-refractivity contribution >= 4 is 20.5 Å². The Kier molecular flexibility index (Phi) is 13.3. The molecule has 3 aromatic rings. The molecule has 1 aromatic heterocycles. The fourth-order valence-electron chi connectivity index (χ4n) is 5.23. The van der Waals surface area contributed by atoms with Crippen LogP contribution in [0.25, 0.3) is 0 Å². The molecule has 1 fully saturated rings. The van der Waals surface area contributed by atoms with E-state index >= 15 is 0 Å². The fourth-order valence-corrected chi connectivity index (χ4v) is 5.72. The van der Waals surface area contributed by atoms with Crippen LogP contribution in [0.5, 0.6) is 5.75 Å². The Balaban J connectivity index is 0.000000223. The Bertz CT molecular complexity index is 1460. The third kappa shape index (κ3) is 8.25. The smallest absolute Gasteiger partial charge is 0.278 e. The number of rotatable bonds is 9. The van der Waals surface area contributed by atoms with Crippen LogP contribution in [0.15, 0.2) is 53.5 Å². The van der Waals surface area contributed by atoms with Crippen molar-refractivity contribution in [3.63, 3.8) is 0 Å². The summed E-state index contributed by atoms with van der Waals surface area (Å²) < 4.78 is 26.1. The van der Waals surface area contributed by atoms with Gasteiger partial charge < -0.3 is 19.8 Å². The first-order valence-electron chi connectivity index (χ1n) is 14.9. The first-order chi connectivity index (χ1) is 20.9. The molecule has 2 aliphatic heterocycles. The van der Waals surface area contributed by atoms with E-state index in [2.05, 4.69) is 65.6 Å². The topological polar surface area (TPSA) is 72.8 Å². The third-order valence-electron chi connectivity index (χ3n) is 7.44. The maximum atomic E-state index is 13.7. The van der Waals surface area contributed by atoms with E-state index < -0.39 is 0 Å². The minimum Gasteiger partial charge on any atom is -0.487 e. The number of morpholine rings is 1. The zero-order valence-electron chi connectivity index (χ0n) is 25.4. The van der Waals surface area contributed by atoms with Crippen LogP contribution in [0.1, 0.15) is 72.8 Å². The number of hydrogen-bond donors (Lipinski definition) is 1. The number of carbonyl (C=O) groups excluding carboxylic acids is 1. The molecule has 0 saturated carbocycles. The number of amides is 1. The summed E-state index contributed by atoms with van der Waals surface area (Å²) in [5.41, 5.74) is 8.32. The second kappa shape index (κ2) is 16.8. The number of unbranched alkanes of at least 4 members (excludes halogenated alkanes) is 1. The lowest BCUT2D eigenvalue weighted by Crippen LogP contribution is -2.59. The van der Waals surface area contributed by atoms with Crippen molar-refractivity contribution in [2.75, 3.05) is 31.8 Å². The average Bonchev–Trinajstić information content (AvgIpc) is 3.03. The van der Waals surface area contributed by atoms with Crippen LogP contribution in [0.3, 0.4) is 0 Å². The molecule has 0 aliphatic carbocycles. The van der Waals surface area contributed by atoms with Gasteiger partial charge >= 0.3 is 0 Å². The van der Waals surface area contributed by atoms with Gasteiger partial charge in [-0.2, -0.15) is 0 Å². The number of nitrogens with one attached hydrogen (secondary N) is 1. The Labute approximate surface area is 257 Å². The van der Waals surface area contributed by atoms with E-state index in [9.17, 15) is 14.0 Å². The molecule has 2 atom stereocenters. The van der Waals surface area contributed by atoms with Crippen LogP contribution >= 0.6 is 9.24 Å². The molecular weight excluding hydrogens is 564 g/mol. The van der Waals surface area contributed by atoms with Crippen molar-refractivity contribution in [3.8, 4) is 18.6 Å². The van der Waals surface area contributed by atoms with E-state index in [1.54, 1.807) is 21.8 Å². The van der Waals surface area contributed by atoms with Crippen molar-refractivity contribution in [2.45, 2.75) is 65.5 Å². The molecule has 1 unspecified atom stereocenters. The van der Waals surface area contributed by atoms with Gasteiger partial charge in [-0.15, -0.1) is 22.1 Å². The quantitative estimate of drug-likeness (QED) is 0.272. The van der Waals surface area contributed by atoms with Gasteiger partial charge in [-0.25, -0.2) is 4.39 Å². The molecule has 2 aliphatic rings. The van der Waals surface area contributed by atoms with Gasteiger partial charge in [0.2, 0.25) is 5.43 Å². The molecule has 43 heavy (non-hydrogen) atoms. The van der Waals surface area contributed by atoms with Crippen LogP contribution in [0, 0.1) is 18.7 Å². The maximum absolute atomic E-state index is 13.7. The molecule has 9 heteroatoms. The first kappa shape index (κ1) is 33.8. The summed E-state index contributed by atoms with van der Waals surface area (Å²) in [5, 5.41) is 0.723. The van der Waals surface area contributed by atoms with Gasteiger partial charge in [0, 0.05) is 24.1 Å². The molecule has 1 amide bonds. The highest BCUT2D eigenvalue weighted by Crippen LogP contribution is 2.23. The summed E-state index contributed by atoms with van der Waals surface area (Å²) in [5.74, 6) is -0.197. The van der Waals surface area contributed by atoms with Gasteiger partial charge in [-0.1, -0.05) is 57.5 Å². The summed E-state index contributed by atoms with van der Waals surface area (Å²) in [4.78, 5) is 26.2. The second-order valence-electron chi connectivity index (χ2n) is 10.3. The molecule has 2 aromatic carbocycles. The zero-order chi connectivity index (χ0) is 31.4.